The van der Waals surface area contributed by atoms with Gasteiger partial charge in [-0.1, -0.05) is 49.2 Å². The Kier molecular flexibility index (Phi) is 2.82. The van der Waals surface area contributed by atoms with E-state index < -0.39 is 0 Å². The molecule has 0 N–H and O–H groups in total. The van der Waals surface area contributed by atoms with E-state index in [9.17, 15) is 0 Å². The molecule has 0 bridgehead atoms. The normalized spacial score (nSPS) is 15.1. The molecule has 0 saturated heterocycles. The summed E-state index contributed by atoms with van der Waals surface area (Å²) >= 11 is 3.93. The fourth-order valence-corrected chi connectivity index (χ4v) is 2.53. The van der Waals surface area contributed by atoms with Gasteiger partial charge in [-0.25, -0.2) is 0 Å². The Labute approximate surface area is 107 Å². The van der Waals surface area contributed by atoms with Gasteiger partial charge in [-0.3, -0.25) is 0 Å². The second-order valence-corrected chi connectivity index (χ2v) is 4.91. The predicted molar refractivity (Wildman–Crippen MR) is 76.4 cm³/mol. The fourth-order valence-electron chi connectivity index (χ4n) is 2.40. The van der Waals surface area contributed by atoms with E-state index in [1.54, 1.807) is 0 Å². The van der Waals surface area contributed by atoms with Crippen molar-refractivity contribution in [1.29, 1.82) is 0 Å². The van der Waals surface area contributed by atoms with Crippen LogP contribution in [0.1, 0.15) is 36.3 Å². The van der Waals surface area contributed by atoms with Crippen molar-refractivity contribution in [2.75, 3.05) is 0 Å². The van der Waals surface area contributed by atoms with Gasteiger partial charge in [0.2, 0.25) is 0 Å². The molecule has 0 radical (unpaired) electrons. The van der Waals surface area contributed by atoms with Crippen molar-refractivity contribution in [2.24, 2.45) is 0 Å². The Morgan fingerprint density at radius 3 is 2.47 bits per heavy atom. The average Bonchev–Trinajstić information content (AvgIpc) is 2.27. The Balaban J connectivity index is 2.04. The summed E-state index contributed by atoms with van der Waals surface area (Å²) in [6.07, 6.45) is 4.10. The third kappa shape index (κ3) is 2.06. The van der Waals surface area contributed by atoms with E-state index in [-0.39, 0.29) is 0 Å². The topological polar surface area (TPSA) is 0 Å². The van der Waals surface area contributed by atoms with Gasteiger partial charge in [-0.15, -0.1) is 0 Å². The number of fused-ring (bicyclic) bond motifs is 1. The number of hydrogen-bond donors (Lipinski definition) is 1. The average molecular weight is 238 g/mol. The minimum Gasteiger partial charge on any atom is -0.0918 e. The van der Waals surface area contributed by atoms with E-state index in [0.717, 1.165) is 11.5 Å². The molecular formula is C16H14S. The number of hydrogen-bond acceptors (Lipinski definition) is 1. The molecule has 0 spiro atoms. The molecule has 0 nitrogen and oxygen atoms in total. The van der Waals surface area contributed by atoms with Crippen molar-refractivity contribution in [3.05, 3.63) is 47.5 Å². The van der Waals surface area contributed by atoms with Gasteiger partial charge in [0, 0.05) is 5.56 Å². The summed E-state index contributed by atoms with van der Waals surface area (Å²) in [4.78, 5) is 0. The largest absolute Gasteiger partial charge is 0.0918 e. The zero-order valence-electron chi connectivity index (χ0n) is 9.61. The summed E-state index contributed by atoms with van der Waals surface area (Å²) in [5.41, 5.74) is 2.53. The molecule has 1 aliphatic carbocycles. The van der Waals surface area contributed by atoms with Crippen LogP contribution in [-0.2, 0) is 0 Å². The van der Waals surface area contributed by atoms with Crippen molar-refractivity contribution in [2.45, 2.75) is 25.2 Å². The van der Waals surface area contributed by atoms with Gasteiger partial charge in [0.1, 0.15) is 0 Å². The number of benzene rings is 2. The molecule has 0 atom stereocenters. The highest BCUT2D eigenvalue weighted by atomic mass is 32.1. The molecule has 17 heavy (non-hydrogen) atoms. The molecule has 0 aliphatic heterocycles. The van der Waals surface area contributed by atoms with E-state index in [2.05, 4.69) is 60.2 Å². The van der Waals surface area contributed by atoms with Crippen molar-refractivity contribution < 1.29 is 0 Å². The SMILES string of the molecule is SC#Cc1ccc2cc(C3CCC3)ccc2c1. The third-order valence-electron chi connectivity index (χ3n) is 3.64. The Morgan fingerprint density at radius 1 is 1.00 bits per heavy atom. The molecule has 1 fully saturated rings. The minimum atomic E-state index is 0.802. The summed E-state index contributed by atoms with van der Waals surface area (Å²) in [5.74, 6) is 3.78. The van der Waals surface area contributed by atoms with Gasteiger partial charge in [-0.05, 0) is 52.5 Å². The first-order valence-corrected chi connectivity index (χ1v) is 6.50. The Bertz CT molecular complexity index is 612. The van der Waals surface area contributed by atoms with Crippen molar-refractivity contribution >= 4 is 23.4 Å². The summed E-state index contributed by atoms with van der Waals surface area (Å²) in [5, 5.41) is 5.23. The lowest BCUT2D eigenvalue weighted by Gasteiger charge is -2.26. The molecule has 0 amide bonds. The molecule has 0 aromatic heterocycles. The van der Waals surface area contributed by atoms with Gasteiger partial charge < -0.3 is 0 Å². The highest BCUT2D eigenvalue weighted by Gasteiger charge is 2.19. The standard InChI is InChI=1S/C16H14S/c17-9-8-12-4-5-16-11-15(13-2-1-3-13)7-6-14(16)10-12/h4-7,10-11,13,17H,1-3H2. The molecule has 84 valence electrons. The van der Waals surface area contributed by atoms with E-state index in [1.165, 1.54) is 35.6 Å². The zero-order chi connectivity index (χ0) is 11.7. The molecule has 0 heterocycles. The van der Waals surface area contributed by atoms with Crippen LogP contribution in [0.15, 0.2) is 36.4 Å². The van der Waals surface area contributed by atoms with Crippen molar-refractivity contribution in [3.8, 4) is 11.2 Å². The van der Waals surface area contributed by atoms with Crippen LogP contribution in [0.2, 0.25) is 0 Å². The smallest absolute Gasteiger partial charge is 0.0260 e. The van der Waals surface area contributed by atoms with Crippen molar-refractivity contribution in [1.82, 2.24) is 0 Å². The fraction of sp³-hybridized carbons (Fsp3) is 0.250. The molecule has 1 aliphatic rings. The van der Waals surface area contributed by atoms with Crippen LogP contribution in [0, 0.1) is 11.2 Å². The molecule has 1 saturated carbocycles. The number of thiol groups is 1. The highest BCUT2D eigenvalue weighted by molar-refractivity contribution is 7.85. The van der Waals surface area contributed by atoms with Crippen LogP contribution in [0.3, 0.4) is 0 Å². The maximum atomic E-state index is 3.93. The third-order valence-corrected chi connectivity index (χ3v) is 3.75. The van der Waals surface area contributed by atoms with E-state index in [0.29, 0.717) is 0 Å². The molecule has 1 heteroatoms. The summed E-state index contributed by atoms with van der Waals surface area (Å²) in [7, 11) is 0. The lowest BCUT2D eigenvalue weighted by molar-refractivity contribution is 0.420. The van der Waals surface area contributed by atoms with Crippen LogP contribution < -0.4 is 0 Å². The van der Waals surface area contributed by atoms with Crippen molar-refractivity contribution in [3.63, 3.8) is 0 Å². The van der Waals surface area contributed by atoms with Gasteiger partial charge in [0.15, 0.2) is 0 Å². The minimum absolute atomic E-state index is 0.802. The van der Waals surface area contributed by atoms with Crippen LogP contribution in [0.25, 0.3) is 10.8 Å². The Morgan fingerprint density at radius 2 is 1.76 bits per heavy atom. The molecule has 2 aromatic carbocycles. The maximum Gasteiger partial charge on any atom is 0.0260 e. The van der Waals surface area contributed by atoms with E-state index >= 15 is 0 Å². The quantitative estimate of drug-likeness (QED) is 0.554. The zero-order valence-corrected chi connectivity index (χ0v) is 10.5. The first kappa shape index (κ1) is 10.7. The second kappa shape index (κ2) is 4.47. The van der Waals surface area contributed by atoms with E-state index in [1.807, 2.05) is 0 Å². The van der Waals surface area contributed by atoms with Crippen LogP contribution in [0.4, 0.5) is 0 Å². The first-order chi connectivity index (χ1) is 8.36. The second-order valence-electron chi connectivity index (χ2n) is 4.69. The monoisotopic (exact) mass is 238 g/mol. The lowest BCUT2D eigenvalue weighted by atomic mass is 9.79. The summed E-state index contributed by atoms with van der Waals surface area (Å²) in [6.45, 7) is 0. The van der Waals surface area contributed by atoms with Gasteiger partial charge in [0.05, 0.1) is 0 Å². The molecule has 0 unspecified atom stereocenters. The summed E-state index contributed by atoms with van der Waals surface area (Å²) < 4.78 is 0. The van der Waals surface area contributed by atoms with Gasteiger partial charge >= 0.3 is 0 Å². The predicted octanol–water partition coefficient (Wildman–Crippen LogP) is 4.35. The maximum absolute atomic E-state index is 3.93. The molecule has 2 aromatic rings. The van der Waals surface area contributed by atoms with Crippen LogP contribution in [0.5, 0.6) is 0 Å². The van der Waals surface area contributed by atoms with Crippen LogP contribution in [-0.4, -0.2) is 0 Å². The summed E-state index contributed by atoms with van der Waals surface area (Å²) in [6, 6.07) is 13.2. The van der Waals surface area contributed by atoms with Crippen LogP contribution >= 0.6 is 12.6 Å². The van der Waals surface area contributed by atoms with E-state index in [4.69, 9.17) is 0 Å². The van der Waals surface area contributed by atoms with Gasteiger partial charge in [-0.2, -0.15) is 0 Å². The first-order valence-electron chi connectivity index (χ1n) is 6.05. The Hall–Kier alpha value is -1.39. The molecular weight excluding hydrogens is 224 g/mol. The molecule has 3 rings (SSSR count). The van der Waals surface area contributed by atoms with Gasteiger partial charge in [0.25, 0.3) is 0 Å². The highest BCUT2D eigenvalue weighted by Crippen LogP contribution is 2.37. The number of rotatable bonds is 1. The lowest BCUT2D eigenvalue weighted by Crippen LogP contribution is -2.08.